The lowest BCUT2D eigenvalue weighted by molar-refractivity contribution is 0.410. The monoisotopic (exact) mass is 330 g/mol. The fraction of sp³-hybridized carbons (Fsp3) is 0.500. The highest BCUT2D eigenvalue weighted by molar-refractivity contribution is 6.30. The summed E-state index contributed by atoms with van der Waals surface area (Å²) in [6.45, 7) is 3.58. The van der Waals surface area contributed by atoms with Gasteiger partial charge in [-0.25, -0.2) is 19.9 Å². The topological polar surface area (TPSA) is 58.0 Å². The first-order valence-electron chi connectivity index (χ1n) is 8.09. The quantitative estimate of drug-likeness (QED) is 0.862. The molecule has 1 saturated carbocycles. The molecular formula is C16H19ClN6. The van der Waals surface area contributed by atoms with E-state index in [1.165, 1.54) is 25.0 Å². The Labute approximate surface area is 140 Å². The highest BCUT2D eigenvalue weighted by Crippen LogP contribution is 2.35. The Hall–Kier alpha value is -1.95. The molecule has 2 aromatic heterocycles. The van der Waals surface area contributed by atoms with Gasteiger partial charge in [0, 0.05) is 43.9 Å². The van der Waals surface area contributed by atoms with Crippen LogP contribution in [0.15, 0.2) is 24.8 Å². The smallest absolute Gasteiger partial charge is 0.225 e. The number of hydrogen-bond acceptors (Lipinski definition) is 6. The van der Waals surface area contributed by atoms with E-state index in [2.05, 4.69) is 35.8 Å². The third-order valence-corrected chi connectivity index (χ3v) is 4.89. The van der Waals surface area contributed by atoms with E-state index in [0.717, 1.165) is 37.9 Å². The van der Waals surface area contributed by atoms with E-state index in [1.54, 1.807) is 18.7 Å². The van der Waals surface area contributed by atoms with Crippen LogP contribution in [0.5, 0.6) is 0 Å². The lowest BCUT2D eigenvalue weighted by Gasteiger charge is -2.35. The average Bonchev–Trinajstić information content (AvgIpc) is 2.55. The lowest BCUT2D eigenvalue weighted by Crippen LogP contribution is -2.47. The standard InChI is InChI=1S/C16H19ClN6/c17-13-9-18-16(19-10-13)23-6-4-22(5-7-23)15-8-14(20-11-21-15)12-2-1-3-12/h8-12H,1-7H2. The van der Waals surface area contributed by atoms with Crippen molar-refractivity contribution in [2.45, 2.75) is 25.2 Å². The number of hydrogen-bond donors (Lipinski definition) is 0. The predicted molar refractivity (Wildman–Crippen MR) is 90.1 cm³/mol. The summed E-state index contributed by atoms with van der Waals surface area (Å²) in [6, 6.07) is 2.16. The second kappa shape index (κ2) is 6.28. The number of piperazine rings is 1. The van der Waals surface area contributed by atoms with Gasteiger partial charge in [-0.15, -0.1) is 0 Å². The van der Waals surface area contributed by atoms with Gasteiger partial charge in [0.2, 0.25) is 5.95 Å². The first kappa shape index (κ1) is 14.6. The number of anilines is 2. The van der Waals surface area contributed by atoms with Gasteiger partial charge in [0.15, 0.2) is 0 Å². The van der Waals surface area contributed by atoms with Crippen molar-refractivity contribution in [1.29, 1.82) is 0 Å². The molecule has 0 amide bonds. The van der Waals surface area contributed by atoms with Crippen LogP contribution < -0.4 is 9.80 Å². The van der Waals surface area contributed by atoms with Crippen molar-refractivity contribution in [3.63, 3.8) is 0 Å². The molecule has 1 saturated heterocycles. The molecule has 0 unspecified atom stereocenters. The second-order valence-electron chi connectivity index (χ2n) is 6.10. The molecule has 23 heavy (non-hydrogen) atoms. The molecule has 0 aromatic carbocycles. The van der Waals surface area contributed by atoms with E-state index < -0.39 is 0 Å². The summed E-state index contributed by atoms with van der Waals surface area (Å²) in [6.07, 6.45) is 8.84. The second-order valence-corrected chi connectivity index (χ2v) is 6.54. The van der Waals surface area contributed by atoms with Crippen LogP contribution in [0.25, 0.3) is 0 Å². The van der Waals surface area contributed by atoms with Crippen LogP contribution in [0, 0.1) is 0 Å². The summed E-state index contributed by atoms with van der Waals surface area (Å²) >= 11 is 5.84. The van der Waals surface area contributed by atoms with Crippen LogP contribution in [0.3, 0.4) is 0 Å². The van der Waals surface area contributed by atoms with Gasteiger partial charge in [0.1, 0.15) is 12.1 Å². The number of nitrogens with zero attached hydrogens (tertiary/aromatic N) is 6. The summed E-state index contributed by atoms with van der Waals surface area (Å²) < 4.78 is 0. The average molecular weight is 331 g/mol. The zero-order valence-electron chi connectivity index (χ0n) is 12.9. The molecule has 120 valence electrons. The van der Waals surface area contributed by atoms with Crippen LogP contribution in [0.2, 0.25) is 5.02 Å². The minimum absolute atomic E-state index is 0.567. The van der Waals surface area contributed by atoms with E-state index in [0.29, 0.717) is 10.9 Å². The molecule has 2 aliphatic rings. The molecular weight excluding hydrogens is 312 g/mol. The van der Waals surface area contributed by atoms with Gasteiger partial charge in [-0.1, -0.05) is 18.0 Å². The Morgan fingerprint density at radius 3 is 2.26 bits per heavy atom. The van der Waals surface area contributed by atoms with Gasteiger partial charge in [-0.2, -0.15) is 0 Å². The molecule has 2 aromatic rings. The Bertz CT molecular complexity index is 665. The first-order valence-corrected chi connectivity index (χ1v) is 8.47. The first-order chi connectivity index (χ1) is 11.3. The van der Waals surface area contributed by atoms with Crippen molar-refractivity contribution in [3.05, 3.63) is 35.5 Å². The van der Waals surface area contributed by atoms with Crippen molar-refractivity contribution in [2.75, 3.05) is 36.0 Å². The maximum atomic E-state index is 5.84. The van der Waals surface area contributed by atoms with Crippen molar-refractivity contribution in [1.82, 2.24) is 19.9 Å². The van der Waals surface area contributed by atoms with Crippen molar-refractivity contribution in [2.24, 2.45) is 0 Å². The summed E-state index contributed by atoms with van der Waals surface area (Å²) in [4.78, 5) is 22.0. The third kappa shape index (κ3) is 3.08. The molecule has 4 rings (SSSR count). The van der Waals surface area contributed by atoms with Crippen LogP contribution in [0.1, 0.15) is 30.9 Å². The van der Waals surface area contributed by atoms with E-state index >= 15 is 0 Å². The zero-order chi connectivity index (χ0) is 15.6. The van der Waals surface area contributed by atoms with E-state index in [4.69, 9.17) is 11.6 Å². The van der Waals surface area contributed by atoms with Gasteiger partial charge in [0.05, 0.1) is 17.4 Å². The fourth-order valence-electron chi connectivity index (χ4n) is 3.07. The van der Waals surface area contributed by atoms with Crippen molar-refractivity contribution < 1.29 is 0 Å². The molecule has 1 aliphatic heterocycles. The van der Waals surface area contributed by atoms with E-state index in [-0.39, 0.29) is 0 Å². The molecule has 0 N–H and O–H groups in total. The van der Waals surface area contributed by atoms with Gasteiger partial charge in [-0.05, 0) is 12.8 Å². The Balaban J connectivity index is 1.42. The van der Waals surface area contributed by atoms with Crippen LogP contribution in [-0.4, -0.2) is 46.1 Å². The Morgan fingerprint density at radius 1 is 0.913 bits per heavy atom. The summed E-state index contributed by atoms with van der Waals surface area (Å²) in [5, 5.41) is 0.567. The summed E-state index contributed by atoms with van der Waals surface area (Å²) in [7, 11) is 0. The molecule has 0 spiro atoms. The molecule has 6 nitrogen and oxygen atoms in total. The zero-order valence-corrected chi connectivity index (χ0v) is 13.7. The minimum Gasteiger partial charge on any atom is -0.353 e. The van der Waals surface area contributed by atoms with Crippen LogP contribution in [0.4, 0.5) is 11.8 Å². The maximum Gasteiger partial charge on any atom is 0.225 e. The van der Waals surface area contributed by atoms with Gasteiger partial charge in [-0.3, -0.25) is 0 Å². The van der Waals surface area contributed by atoms with Crippen molar-refractivity contribution in [3.8, 4) is 0 Å². The summed E-state index contributed by atoms with van der Waals surface area (Å²) in [5.41, 5.74) is 1.20. The van der Waals surface area contributed by atoms with E-state index in [1.807, 2.05) is 0 Å². The van der Waals surface area contributed by atoms with Gasteiger partial charge < -0.3 is 9.80 Å². The largest absolute Gasteiger partial charge is 0.353 e. The van der Waals surface area contributed by atoms with Gasteiger partial charge in [0.25, 0.3) is 0 Å². The SMILES string of the molecule is Clc1cnc(N2CCN(c3cc(C4CCC4)ncn3)CC2)nc1. The molecule has 0 radical (unpaired) electrons. The predicted octanol–water partition coefficient (Wildman–Crippen LogP) is 2.51. The maximum absolute atomic E-state index is 5.84. The highest BCUT2D eigenvalue weighted by Gasteiger charge is 2.24. The van der Waals surface area contributed by atoms with Gasteiger partial charge >= 0.3 is 0 Å². The molecule has 1 aliphatic carbocycles. The summed E-state index contributed by atoms with van der Waals surface area (Å²) in [5.74, 6) is 2.42. The number of aromatic nitrogens is 4. The highest BCUT2D eigenvalue weighted by atomic mass is 35.5. The van der Waals surface area contributed by atoms with Crippen LogP contribution >= 0.6 is 11.6 Å². The number of halogens is 1. The third-order valence-electron chi connectivity index (χ3n) is 4.69. The van der Waals surface area contributed by atoms with Crippen molar-refractivity contribution >= 4 is 23.4 Å². The molecule has 3 heterocycles. The molecule has 0 bridgehead atoms. The fourth-order valence-corrected chi connectivity index (χ4v) is 3.16. The number of rotatable bonds is 3. The molecule has 2 fully saturated rings. The van der Waals surface area contributed by atoms with E-state index in [9.17, 15) is 0 Å². The Kier molecular flexibility index (Phi) is 3.99. The Morgan fingerprint density at radius 2 is 1.61 bits per heavy atom. The molecule has 0 atom stereocenters. The minimum atomic E-state index is 0.567. The van der Waals surface area contributed by atoms with Crippen LogP contribution in [-0.2, 0) is 0 Å². The lowest BCUT2D eigenvalue weighted by atomic mass is 9.83. The molecule has 7 heteroatoms. The normalized spacial score (nSPS) is 18.8.